The fourth-order valence-corrected chi connectivity index (χ4v) is 4.34. The molecular weight excluding hydrogens is 515 g/mol. The maximum absolute atomic E-state index is 14.5. The van der Waals surface area contributed by atoms with E-state index in [-0.39, 0.29) is 54.8 Å². The summed E-state index contributed by atoms with van der Waals surface area (Å²) in [5, 5.41) is 2.39. The lowest BCUT2D eigenvalue weighted by Gasteiger charge is -2.36. The van der Waals surface area contributed by atoms with E-state index in [1.165, 1.54) is 4.90 Å². The van der Waals surface area contributed by atoms with Gasteiger partial charge in [0.2, 0.25) is 5.91 Å². The molecule has 2 aliphatic rings. The van der Waals surface area contributed by atoms with Crippen molar-refractivity contribution in [2.75, 3.05) is 36.4 Å². The number of alkyl halides is 5. The lowest BCUT2D eigenvalue weighted by molar-refractivity contribution is -0.137. The van der Waals surface area contributed by atoms with E-state index >= 15 is 0 Å². The monoisotopic (exact) mass is 542 g/mol. The highest BCUT2D eigenvalue weighted by molar-refractivity contribution is 5.95. The van der Waals surface area contributed by atoms with Crippen molar-refractivity contribution in [2.45, 2.75) is 57.7 Å². The van der Waals surface area contributed by atoms with Gasteiger partial charge in [-0.25, -0.2) is 28.5 Å². The highest BCUT2D eigenvalue weighted by Gasteiger charge is 2.44. The molecule has 2 aromatic heterocycles. The number of carbonyl (C=O) groups is 2. The fourth-order valence-electron chi connectivity index (χ4n) is 4.34. The molecule has 1 fully saturated rings. The highest BCUT2D eigenvalue weighted by atomic mass is 19.4. The number of fused-ring (bicyclic) bond motifs is 1. The second kappa shape index (κ2) is 9.62. The first kappa shape index (κ1) is 27.5. The van der Waals surface area contributed by atoms with Gasteiger partial charge in [-0.1, -0.05) is 0 Å². The van der Waals surface area contributed by atoms with Crippen LogP contribution in [0.1, 0.15) is 51.2 Å². The molecule has 0 saturated carbocycles. The number of anilines is 2. The van der Waals surface area contributed by atoms with Crippen molar-refractivity contribution in [2.24, 2.45) is 0 Å². The summed E-state index contributed by atoms with van der Waals surface area (Å²) in [6, 6.07) is 1.61. The number of amides is 2. The number of ether oxygens (including phenoxy) is 1. The van der Waals surface area contributed by atoms with Crippen molar-refractivity contribution >= 4 is 23.6 Å². The molecule has 0 spiro atoms. The second-order valence-corrected chi connectivity index (χ2v) is 10.3. The number of nitrogens with zero attached hydrogens (tertiary/aromatic N) is 5. The largest absolute Gasteiger partial charge is 0.444 e. The maximum Gasteiger partial charge on any atom is 0.416 e. The van der Waals surface area contributed by atoms with Gasteiger partial charge in [0.05, 0.1) is 22.9 Å². The van der Waals surface area contributed by atoms with Crippen LogP contribution in [0.25, 0.3) is 11.4 Å². The van der Waals surface area contributed by atoms with Crippen molar-refractivity contribution in [3.05, 3.63) is 29.6 Å². The zero-order valence-electron chi connectivity index (χ0n) is 21.2. The molecule has 206 valence electrons. The Kier molecular flexibility index (Phi) is 6.95. The van der Waals surface area contributed by atoms with Gasteiger partial charge in [0, 0.05) is 38.2 Å². The molecule has 2 aliphatic heterocycles. The molecule has 0 bridgehead atoms. The first-order chi connectivity index (χ1) is 17.5. The number of rotatable bonds is 3. The quantitative estimate of drug-likeness (QED) is 0.562. The maximum atomic E-state index is 14.5. The summed E-state index contributed by atoms with van der Waals surface area (Å²) in [5.41, 5.74) is -2.42. The van der Waals surface area contributed by atoms with Crippen LogP contribution in [0, 0.1) is 0 Å². The Bertz CT molecular complexity index is 1230. The number of pyridine rings is 1. The topological polar surface area (TPSA) is 101 Å². The third kappa shape index (κ3) is 5.94. The molecular formula is C24H27F5N6O3. The van der Waals surface area contributed by atoms with Gasteiger partial charge in [-0.3, -0.25) is 4.79 Å². The van der Waals surface area contributed by atoms with Crippen LogP contribution in [0.3, 0.4) is 0 Å². The normalized spacial score (nSPS) is 18.7. The van der Waals surface area contributed by atoms with E-state index in [4.69, 9.17) is 4.74 Å². The van der Waals surface area contributed by atoms with Crippen molar-refractivity contribution in [1.82, 2.24) is 19.9 Å². The number of nitrogens with one attached hydrogen (secondary N) is 1. The molecule has 38 heavy (non-hydrogen) atoms. The number of hydrogen-bond acceptors (Lipinski definition) is 7. The van der Waals surface area contributed by atoms with E-state index in [1.807, 2.05) is 0 Å². The first-order valence-corrected chi connectivity index (χ1v) is 11.9. The van der Waals surface area contributed by atoms with Crippen LogP contribution in [0.4, 0.5) is 38.4 Å². The minimum Gasteiger partial charge on any atom is -0.444 e. The van der Waals surface area contributed by atoms with Crippen LogP contribution in [0.15, 0.2) is 18.5 Å². The van der Waals surface area contributed by atoms with Gasteiger partial charge in [0.25, 0.3) is 5.92 Å². The number of halogens is 5. The van der Waals surface area contributed by atoms with Crippen LogP contribution in [-0.4, -0.2) is 69.6 Å². The highest BCUT2D eigenvalue weighted by Crippen LogP contribution is 2.45. The second-order valence-electron chi connectivity index (χ2n) is 10.3. The predicted octanol–water partition coefficient (Wildman–Crippen LogP) is 4.70. The number of hydrogen-bond donors (Lipinski definition) is 1. The van der Waals surface area contributed by atoms with Gasteiger partial charge < -0.3 is 19.9 Å². The van der Waals surface area contributed by atoms with Crippen molar-refractivity contribution in [1.29, 1.82) is 0 Å². The molecule has 1 saturated heterocycles. The van der Waals surface area contributed by atoms with Crippen molar-refractivity contribution in [3.63, 3.8) is 0 Å². The average Bonchev–Trinajstić information content (AvgIpc) is 2.80. The summed E-state index contributed by atoms with van der Waals surface area (Å²) in [6.45, 7) is 6.51. The van der Waals surface area contributed by atoms with E-state index in [9.17, 15) is 31.5 Å². The predicted molar refractivity (Wildman–Crippen MR) is 127 cm³/mol. The average molecular weight is 543 g/mol. The summed E-state index contributed by atoms with van der Waals surface area (Å²) in [5.74, 6) is -5.96. The minimum atomic E-state index is -4.76. The molecule has 4 heterocycles. The van der Waals surface area contributed by atoms with Crippen LogP contribution in [0.2, 0.25) is 0 Å². The SMILES string of the molecule is CC(C)(C)OC(=O)N1CCN(c2cc(C(F)(F)F)cc(-c3ncnc4c3[C@H](C(C)(F)F)CC(=O)N4)n2)CC1. The van der Waals surface area contributed by atoms with Crippen LogP contribution < -0.4 is 10.2 Å². The van der Waals surface area contributed by atoms with Gasteiger partial charge in [0.1, 0.15) is 23.6 Å². The Morgan fingerprint density at radius 1 is 1.03 bits per heavy atom. The Balaban J connectivity index is 1.72. The van der Waals surface area contributed by atoms with E-state index in [0.717, 1.165) is 18.5 Å². The Morgan fingerprint density at radius 2 is 1.68 bits per heavy atom. The summed E-state index contributed by atoms with van der Waals surface area (Å²) in [7, 11) is 0. The molecule has 2 aromatic rings. The zero-order valence-corrected chi connectivity index (χ0v) is 21.2. The third-order valence-corrected chi connectivity index (χ3v) is 6.13. The molecule has 1 atom stereocenters. The molecule has 2 amide bonds. The number of aromatic nitrogens is 3. The summed E-state index contributed by atoms with van der Waals surface area (Å²) >= 11 is 0. The summed E-state index contributed by atoms with van der Waals surface area (Å²) in [6.07, 6.45) is -4.91. The molecule has 0 aromatic carbocycles. The van der Waals surface area contributed by atoms with Gasteiger partial charge in [0.15, 0.2) is 0 Å². The Morgan fingerprint density at radius 3 is 2.26 bits per heavy atom. The van der Waals surface area contributed by atoms with Crippen molar-refractivity contribution in [3.8, 4) is 11.4 Å². The summed E-state index contributed by atoms with van der Waals surface area (Å²) in [4.78, 5) is 39.6. The molecule has 1 N–H and O–H groups in total. The van der Waals surface area contributed by atoms with Gasteiger partial charge >= 0.3 is 12.3 Å². The van der Waals surface area contributed by atoms with Crippen molar-refractivity contribution < 1.29 is 36.3 Å². The molecule has 9 nitrogen and oxygen atoms in total. The van der Waals surface area contributed by atoms with E-state index in [0.29, 0.717) is 6.92 Å². The van der Waals surface area contributed by atoms with E-state index < -0.39 is 47.6 Å². The number of carbonyl (C=O) groups excluding carboxylic acids is 2. The third-order valence-electron chi connectivity index (χ3n) is 6.13. The molecule has 0 radical (unpaired) electrons. The van der Waals surface area contributed by atoms with Gasteiger partial charge in [-0.15, -0.1) is 0 Å². The van der Waals surface area contributed by atoms with Gasteiger partial charge in [-0.2, -0.15) is 13.2 Å². The lowest BCUT2D eigenvalue weighted by Crippen LogP contribution is -2.50. The molecule has 0 aliphatic carbocycles. The van der Waals surface area contributed by atoms with E-state index in [2.05, 4.69) is 20.3 Å². The first-order valence-electron chi connectivity index (χ1n) is 11.9. The van der Waals surface area contributed by atoms with Crippen LogP contribution >= 0.6 is 0 Å². The minimum absolute atomic E-state index is 0.0503. The summed E-state index contributed by atoms with van der Waals surface area (Å²) < 4.78 is 76.0. The number of piperazine rings is 1. The molecule has 14 heteroatoms. The van der Waals surface area contributed by atoms with Gasteiger partial charge in [-0.05, 0) is 39.8 Å². The zero-order chi connectivity index (χ0) is 28.0. The van der Waals surface area contributed by atoms with Crippen LogP contribution in [-0.2, 0) is 15.7 Å². The molecule has 0 unspecified atom stereocenters. The standard InChI is InChI=1S/C24H27F5N6O3/c1-22(2,3)38-21(37)35-7-5-34(6-8-35)16-10-13(24(27,28)29)9-15(32-16)19-18-14(23(4,25)26)11-17(36)33-20(18)31-12-30-19/h9-10,12,14H,5-8,11H2,1-4H3,(H,30,31,33,36)/t14-/m1/s1. The smallest absolute Gasteiger partial charge is 0.416 e. The fraction of sp³-hybridized carbons (Fsp3) is 0.542. The lowest BCUT2D eigenvalue weighted by atomic mass is 9.85. The molecule has 4 rings (SSSR count). The Hall–Kier alpha value is -3.58. The Labute approximate surface area is 215 Å². The van der Waals surface area contributed by atoms with E-state index in [1.54, 1.807) is 25.7 Å². The van der Waals surface area contributed by atoms with Crippen LogP contribution in [0.5, 0.6) is 0 Å².